The first-order valence-electron chi connectivity index (χ1n) is 3.98. The Bertz CT molecular complexity index is 510. The Balaban J connectivity index is 3.48. The molecule has 82 valence electrons. The van der Waals surface area contributed by atoms with E-state index in [1.54, 1.807) is 28.7 Å². The second kappa shape index (κ2) is 5.23. The highest BCUT2D eigenvalue weighted by Crippen LogP contribution is 2.24. The molecule has 16 heavy (non-hydrogen) atoms. The lowest BCUT2D eigenvalue weighted by Crippen LogP contribution is -2.07. The summed E-state index contributed by atoms with van der Waals surface area (Å²) in [4.78, 5) is 21.4. The average Bonchev–Trinajstić information content (AvgIpc) is 2.26. The normalized spacial score (nSPS) is 9.56. The molecule has 0 saturated heterocycles. The minimum atomic E-state index is -0.613. The number of benzene rings is 1. The molecule has 0 atom stereocenters. The number of rotatable bonds is 3. The molecule has 0 aliphatic heterocycles. The Morgan fingerprint density at radius 1 is 1.62 bits per heavy atom. The number of halogens is 2. The van der Waals surface area contributed by atoms with Crippen molar-refractivity contribution in [1.82, 2.24) is 0 Å². The number of Topliss-reactive ketones (excluding diaryl/α,β-unsaturated/α-hetero) is 1. The van der Waals surface area contributed by atoms with Gasteiger partial charge in [-0.3, -0.25) is 14.9 Å². The van der Waals surface area contributed by atoms with Crippen LogP contribution in [0.5, 0.6) is 0 Å². The maximum absolute atomic E-state index is 11.4. The fraction of sp³-hybridized carbons (Fsp3) is 0.111. The number of nitro groups is 1. The fourth-order valence-corrected chi connectivity index (χ4v) is 2.18. The van der Waals surface area contributed by atoms with Gasteiger partial charge < -0.3 is 0 Å². The Kier molecular flexibility index (Phi) is 4.20. The van der Waals surface area contributed by atoms with Crippen LogP contribution in [0.25, 0.3) is 0 Å². The summed E-state index contributed by atoms with van der Waals surface area (Å²) in [5.74, 6) is -0.680. The van der Waals surface area contributed by atoms with Crippen LogP contribution in [0.2, 0.25) is 0 Å². The van der Waals surface area contributed by atoms with E-state index in [-0.39, 0.29) is 22.7 Å². The number of hydrogen-bond donors (Lipinski definition) is 0. The Hall–Kier alpha value is -1.20. The van der Waals surface area contributed by atoms with Crippen LogP contribution in [-0.4, -0.2) is 16.6 Å². The summed E-state index contributed by atoms with van der Waals surface area (Å²) in [6.45, 7) is 0. The van der Waals surface area contributed by atoms with Crippen molar-refractivity contribution < 1.29 is 9.72 Å². The number of nitro benzene ring substituents is 1. The quantitative estimate of drug-likeness (QED) is 0.276. The lowest BCUT2D eigenvalue weighted by molar-refractivity contribution is -0.385. The monoisotopic (exact) mass is 350 g/mol. The summed E-state index contributed by atoms with van der Waals surface area (Å²) in [6, 6.07) is 4.07. The van der Waals surface area contributed by atoms with Crippen LogP contribution in [0.3, 0.4) is 0 Å². The molecule has 1 aromatic rings. The van der Waals surface area contributed by atoms with Gasteiger partial charge in [0.25, 0.3) is 5.69 Å². The lowest BCUT2D eigenvalue weighted by atomic mass is 10.0. The van der Waals surface area contributed by atoms with Crippen LogP contribution in [-0.2, 0) is 0 Å². The molecule has 0 unspecified atom stereocenters. The molecule has 0 heterocycles. The third-order valence-electron chi connectivity index (χ3n) is 1.81. The van der Waals surface area contributed by atoms with E-state index in [0.29, 0.717) is 3.57 Å². The zero-order valence-corrected chi connectivity index (χ0v) is 10.7. The summed E-state index contributed by atoms with van der Waals surface area (Å²) in [5.41, 5.74) is -0.0972. The number of nitriles is 1. The van der Waals surface area contributed by atoms with E-state index < -0.39 is 10.7 Å². The van der Waals surface area contributed by atoms with E-state index in [9.17, 15) is 14.9 Å². The van der Waals surface area contributed by atoms with Crippen LogP contribution in [0.15, 0.2) is 12.1 Å². The number of carbonyl (C=O) groups excluding carboxylic acids is 1. The molecule has 0 N–H and O–H groups in total. The van der Waals surface area contributed by atoms with Gasteiger partial charge in [-0.25, -0.2) is 0 Å². The van der Waals surface area contributed by atoms with Crippen molar-refractivity contribution in [1.29, 1.82) is 5.26 Å². The van der Waals surface area contributed by atoms with Gasteiger partial charge >= 0.3 is 0 Å². The summed E-state index contributed by atoms with van der Waals surface area (Å²) in [5, 5.41) is 19.4. The molecule has 5 nitrogen and oxygen atoms in total. The molecule has 0 aliphatic rings. The van der Waals surface area contributed by atoms with Crippen molar-refractivity contribution in [2.75, 3.05) is 5.88 Å². The lowest BCUT2D eigenvalue weighted by Gasteiger charge is -2.03. The number of carbonyl (C=O) groups is 1. The standard InChI is InChI=1S/C9H4ClIN2O3/c10-3-8(14)9-5(4-12)1-6(13(15)16)2-7(9)11/h1-2H,3H2. The first kappa shape index (κ1) is 12.9. The highest BCUT2D eigenvalue weighted by molar-refractivity contribution is 14.1. The Morgan fingerprint density at radius 2 is 2.25 bits per heavy atom. The first-order valence-corrected chi connectivity index (χ1v) is 5.59. The third kappa shape index (κ3) is 2.48. The van der Waals surface area contributed by atoms with E-state index in [4.69, 9.17) is 16.9 Å². The van der Waals surface area contributed by atoms with Crippen LogP contribution < -0.4 is 0 Å². The van der Waals surface area contributed by atoms with Crippen molar-refractivity contribution in [2.24, 2.45) is 0 Å². The van der Waals surface area contributed by atoms with Gasteiger partial charge in [-0.05, 0) is 22.6 Å². The van der Waals surface area contributed by atoms with Gasteiger partial charge in [-0.2, -0.15) is 5.26 Å². The minimum absolute atomic E-state index is 0.0238. The van der Waals surface area contributed by atoms with Gasteiger partial charge in [-0.15, -0.1) is 11.6 Å². The van der Waals surface area contributed by atoms with Crippen molar-refractivity contribution >= 4 is 45.7 Å². The Labute approximate surface area is 109 Å². The number of ketones is 1. The molecule has 0 spiro atoms. The number of hydrogen-bond acceptors (Lipinski definition) is 4. The van der Waals surface area contributed by atoms with Crippen molar-refractivity contribution in [3.8, 4) is 6.07 Å². The zero-order chi connectivity index (χ0) is 12.3. The molecule has 0 aromatic heterocycles. The van der Waals surface area contributed by atoms with Crippen molar-refractivity contribution in [3.05, 3.63) is 36.9 Å². The third-order valence-corrected chi connectivity index (χ3v) is 2.90. The summed E-state index contributed by atoms with van der Waals surface area (Å²) in [7, 11) is 0. The predicted octanol–water partition coefficient (Wildman–Crippen LogP) is 2.49. The molecule has 0 aliphatic carbocycles. The van der Waals surface area contributed by atoms with E-state index in [1.807, 2.05) is 0 Å². The number of non-ortho nitro benzene ring substituents is 1. The summed E-state index contributed by atoms with van der Waals surface area (Å²) >= 11 is 7.17. The molecule has 0 bridgehead atoms. The molecule has 7 heteroatoms. The maximum Gasteiger partial charge on any atom is 0.271 e. The Morgan fingerprint density at radius 3 is 2.69 bits per heavy atom. The van der Waals surface area contributed by atoms with Gasteiger partial charge in [0.15, 0.2) is 5.78 Å². The van der Waals surface area contributed by atoms with Gasteiger partial charge in [-0.1, -0.05) is 0 Å². The predicted molar refractivity (Wildman–Crippen MR) is 65.6 cm³/mol. The molecule has 1 aromatic carbocycles. The fourth-order valence-electron chi connectivity index (χ4n) is 1.14. The van der Waals surface area contributed by atoms with E-state index in [0.717, 1.165) is 6.07 Å². The SMILES string of the molecule is N#Cc1cc([N+](=O)[O-])cc(I)c1C(=O)CCl. The van der Waals surface area contributed by atoms with Crippen LogP contribution >= 0.6 is 34.2 Å². The van der Waals surface area contributed by atoms with E-state index >= 15 is 0 Å². The number of nitrogens with zero attached hydrogens (tertiary/aromatic N) is 2. The smallest absolute Gasteiger partial charge is 0.271 e. The number of alkyl halides is 1. The largest absolute Gasteiger partial charge is 0.293 e. The van der Waals surface area contributed by atoms with Gasteiger partial charge in [0.2, 0.25) is 0 Å². The summed E-state index contributed by atoms with van der Waals surface area (Å²) in [6.07, 6.45) is 0. The highest BCUT2D eigenvalue weighted by atomic mass is 127. The molecule has 0 fully saturated rings. The van der Waals surface area contributed by atoms with E-state index in [2.05, 4.69) is 0 Å². The molecule has 1 rings (SSSR count). The molecular formula is C9H4ClIN2O3. The van der Waals surface area contributed by atoms with Gasteiger partial charge in [0, 0.05) is 15.7 Å². The molecule has 0 amide bonds. The minimum Gasteiger partial charge on any atom is -0.293 e. The van der Waals surface area contributed by atoms with Crippen LogP contribution in [0.4, 0.5) is 5.69 Å². The van der Waals surface area contributed by atoms with Crippen LogP contribution in [0, 0.1) is 25.0 Å². The molecule has 0 radical (unpaired) electrons. The highest BCUT2D eigenvalue weighted by Gasteiger charge is 2.19. The maximum atomic E-state index is 11.4. The molecule has 0 saturated carbocycles. The average molecular weight is 350 g/mol. The van der Waals surface area contributed by atoms with Crippen molar-refractivity contribution in [2.45, 2.75) is 0 Å². The zero-order valence-electron chi connectivity index (χ0n) is 7.74. The van der Waals surface area contributed by atoms with E-state index in [1.165, 1.54) is 6.07 Å². The molecular weight excluding hydrogens is 346 g/mol. The first-order chi connectivity index (χ1) is 7.51. The van der Waals surface area contributed by atoms with Crippen LogP contribution in [0.1, 0.15) is 15.9 Å². The van der Waals surface area contributed by atoms with Crippen molar-refractivity contribution in [3.63, 3.8) is 0 Å². The second-order valence-electron chi connectivity index (χ2n) is 2.78. The second-order valence-corrected chi connectivity index (χ2v) is 4.21. The summed E-state index contributed by atoms with van der Waals surface area (Å²) < 4.78 is 0.356. The van der Waals surface area contributed by atoms with Gasteiger partial charge in [0.05, 0.1) is 21.9 Å². The van der Waals surface area contributed by atoms with Gasteiger partial charge in [0.1, 0.15) is 6.07 Å². The topological polar surface area (TPSA) is 84.0 Å².